The molecule has 0 unspecified atom stereocenters. The van der Waals surface area contributed by atoms with Gasteiger partial charge in [0.2, 0.25) is 0 Å². The van der Waals surface area contributed by atoms with Crippen molar-refractivity contribution in [2.24, 2.45) is 0 Å². The zero-order valence-corrected chi connectivity index (χ0v) is 25.1. The van der Waals surface area contributed by atoms with Crippen LogP contribution in [0.15, 0.2) is 102 Å². The first-order valence-electron chi connectivity index (χ1n) is 13.4. The zero-order chi connectivity index (χ0) is 31.3. The average Bonchev–Trinajstić information content (AvgIpc) is 3.69. The summed E-state index contributed by atoms with van der Waals surface area (Å²) in [7, 11) is -0.806. The van der Waals surface area contributed by atoms with Gasteiger partial charge in [0, 0.05) is 42.6 Å². The third-order valence-electron chi connectivity index (χ3n) is 6.72. The summed E-state index contributed by atoms with van der Waals surface area (Å²) in [5.74, 6) is 0.666. The summed E-state index contributed by atoms with van der Waals surface area (Å²) >= 11 is 0. The SMILES string of the molecule is COC(=O)N(Cc1ccccc1)Cc1nccn1-c1ccc(NC(=O)c2cc(S(C)(=O)=O)nn2-c2ccc(OC)cc2)cc1. The molecule has 0 aliphatic rings. The minimum absolute atomic E-state index is 0.0397. The molecule has 0 saturated carbocycles. The Hall–Kier alpha value is -5.43. The quantitative estimate of drug-likeness (QED) is 0.243. The number of rotatable bonds is 10. The number of sulfone groups is 1. The van der Waals surface area contributed by atoms with Crippen LogP contribution in [0.1, 0.15) is 21.9 Å². The van der Waals surface area contributed by atoms with Crippen LogP contribution in [-0.2, 0) is 27.7 Å². The number of carbonyl (C=O) groups is 2. The lowest BCUT2D eigenvalue weighted by Crippen LogP contribution is -2.31. The van der Waals surface area contributed by atoms with Crippen molar-refractivity contribution in [1.82, 2.24) is 24.2 Å². The van der Waals surface area contributed by atoms with Gasteiger partial charge in [0.15, 0.2) is 14.9 Å². The summed E-state index contributed by atoms with van der Waals surface area (Å²) in [4.78, 5) is 31.9. The molecule has 0 aliphatic heterocycles. The van der Waals surface area contributed by atoms with Gasteiger partial charge in [0.1, 0.15) is 17.3 Å². The number of anilines is 1. The Labute approximate surface area is 254 Å². The molecule has 2 amide bonds. The molecule has 44 heavy (non-hydrogen) atoms. The highest BCUT2D eigenvalue weighted by Gasteiger charge is 2.22. The summed E-state index contributed by atoms with van der Waals surface area (Å²) in [6.45, 7) is 0.546. The van der Waals surface area contributed by atoms with Crippen LogP contribution in [0, 0.1) is 0 Å². The fourth-order valence-electron chi connectivity index (χ4n) is 4.50. The molecule has 1 N–H and O–H groups in total. The lowest BCUT2D eigenvalue weighted by molar-refractivity contribution is 0.101. The number of benzene rings is 3. The number of imidazole rings is 1. The van der Waals surface area contributed by atoms with Crippen LogP contribution in [0.4, 0.5) is 10.5 Å². The molecule has 2 heterocycles. The first-order chi connectivity index (χ1) is 21.2. The van der Waals surface area contributed by atoms with Crippen molar-refractivity contribution in [3.8, 4) is 17.1 Å². The highest BCUT2D eigenvalue weighted by Crippen LogP contribution is 2.22. The first kappa shape index (κ1) is 30.0. The second kappa shape index (κ2) is 12.8. The number of nitrogens with zero attached hydrogens (tertiary/aromatic N) is 5. The van der Waals surface area contributed by atoms with Crippen LogP contribution in [0.2, 0.25) is 0 Å². The fourth-order valence-corrected chi connectivity index (χ4v) is 5.05. The standard InChI is InChI=1S/C31H30N6O6S/c1-42-26-15-13-25(14-16-26)37-27(19-29(34-37)44(3,40)41)30(38)33-23-9-11-24(12-10-23)36-18-17-32-28(36)21-35(31(39)43-2)20-22-7-5-4-6-8-22/h4-19H,20-21H2,1-3H3,(H,33,38). The Morgan fingerprint density at radius 1 is 0.909 bits per heavy atom. The Kier molecular flexibility index (Phi) is 8.76. The third kappa shape index (κ3) is 6.79. The smallest absolute Gasteiger partial charge is 0.410 e. The number of hydrogen-bond acceptors (Lipinski definition) is 8. The lowest BCUT2D eigenvalue weighted by Gasteiger charge is -2.21. The molecule has 3 aromatic carbocycles. The molecular weight excluding hydrogens is 584 g/mol. The number of carbonyl (C=O) groups excluding carboxylic acids is 2. The highest BCUT2D eigenvalue weighted by molar-refractivity contribution is 7.90. The largest absolute Gasteiger partial charge is 0.497 e. The van der Waals surface area contributed by atoms with Crippen molar-refractivity contribution in [1.29, 1.82) is 0 Å². The summed E-state index contributed by atoms with van der Waals surface area (Å²) in [6, 6.07) is 24.6. The monoisotopic (exact) mass is 614 g/mol. The third-order valence-corrected chi connectivity index (χ3v) is 7.68. The Bertz CT molecular complexity index is 1870. The van der Waals surface area contributed by atoms with Crippen molar-refractivity contribution in [2.45, 2.75) is 18.1 Å². The molecule has 0 radical (unpaired) electrons. The molecule has 12 nitrogen and oxygen atoms in total. The van der Waals surface area contributed by atoms with E-state index < -0.39 is 21.8 Å². The summed E-state index contributed by atoms with van der Waals surface area (Å²) in [5, 5.41) is 6.76. The minimum Gasteiger partial charge on any atom is -0.497 e. The number of nitrogens with one attached hydrogen (secondary N) is 1. The van der Waals surface area contributed by atoms with E-state index in [-0.39, 0.29) is 17.3 Å². The van der Waals surface area contributed by atoms with E-state index in [4.69, 9.17) is 9.47 Å². The van der Waals surface area contributed by atoms with E-state index in [9.17, 15) is 18.0 Å². The van der Waals surface area contributed by atoms with Gasteiger partial charge in [-0.3, -0.25) is 9.69 Å². The van der Waals surface area contributed by atoms with Gasteiger partial charge >= 0.3 is 6.09 Å². The normalized spacial score (nSPS) is 11.2. The van der Waals surface area contributed by atoms with Crippen LogP contribution in [-0.4, -0.2) is 65.1 Å². The first-order valence-corrected chi connectivity index (χ1v) is 15.3. The molecule has 0 spiro atoms. The molecule has 0 bridgehead atoms. The van der Waals surface area contributed by atoms with E-state index in [1.807, 2.05) is 34.9 Å². The Morgan fingerprint density at radius 3 is 2.23 bits per heavy atom. The molecule has 13 heteroatoms. The molecule has 5 aromatic rings. The van der Waals surface area contributed by atoms with Crippen LogP contribution in [0.5, 0.6) is 5.75 Å². The lowest BCUT2D eigenvalue weighted by atomic mass is 10.2. The number of hydrogen-bond donors (Lipinski definition) is 1. The number of ether oxygens (including phenoxy) is 2. The van der Waals surface area contributed by atoms with Gasteiger partial charge in [-0.25, -0.2) is 22.9 Å². The Morgan fingerprint density at radius 2 is 1.59 bits per heavy atom. The molecule has 5 rings (SSSR count). The van der Waals surface area contributed by atoms with Gasteiger partial charge in [-0.15, -0.1) is 0 Å². The summed E-state index contributed by atoms with van der Waals surface area (Å²) in [5.41, 5.74) is 2.71. The van der Waals surface area contributed by atoms with Gasteiger partial charge in [-0.2, -0.15) is 5.10 Å². The van der Waals surface area contributed by atoms with Crippen molar-refractivity contribution in [3.05, 3.63) is 114 Å². The van der Waals surface area contributed by atoms with Gasteiger partial charge in [0.05, 0.1) is 26.5 Å². The van der Waals surface area contributed by atoms with Gasteiger partial charge in [0.25, 0.3) is 5.91 Å². The second-order valence-electron chi connectivity index (χ2n) is 9.78. The molecule has 2 aromatic heterocycles. The van der Waals surface area contributed by atoms with Gasteiger partial charge < -0.3 is 19.4 Å². The van der Waals surface area contributed by atoms with Crippen molar-refractivity contribution in [2.75, 3.05) is 25.8 Å². The predicted molar refractivity (Wildman–Crippen MR) is 163 cm³/mol. The molecule has 0 atom stereocenters. The molecule has 0 aliphatic carbocycles. The van der Waals surface area contributed by atoms with Crippen LogP contribution in [0.25, 0.3) is 11.4 Å². The molecule has 226 valence electrons. The van der Waals surface area contributed by atoms with E-state index in [1.54, 1.807) is 65.8 Å². The minimum atomic E-state index is -3.68. The maximum Gasteiger partial charge on any atom is 0.410 e. The van der Waals surface area contributed by atoms with E-state index >= 15 is 0 Å². The van der Waals surface area contributed by atoms with E-state index in [0.29, 0.717) is 29.5 Å². The van der Waals surface area contributed by atoms with Crippen LogP contribution in [0.3, 0.4) is 0 Å². The van der Waals surface area contributed by atoms with Gasteiger partial charge in [-0.1, -0.05) is 30.3 Å². The maximum atomic E-state index is 13.3. The van der Waals surface area contributed by atoms with Crippen molar-refractivity contribution >= 4 is 27.5 Å². The maximum absolute atomic E-state index is 13.3. The van der Waals surface area contributed by atoms with E-state index in [1.165, 1.54) is 25.0 Å². The van der Waals surface area contributed by atoms with Crippen LogP contribution >= 0.6 is 0 Å². The molecule has 0 saturated heterocycles. The summed E-state index contributed by atoms with van der Waals surface area (Å²) in [6.07, 6.45) is 3.98. The van der Waals surface area contributed by atoms with Crippen molar-refractivity contribution in [3.63, 3.8) is 0 Å². The number of amides is 2. The Balaban J connectivity index is 1.35. The predicted octanol–water partition coefficient (Wildman–Crippen LogP) is 4.49. The molecular formula is C31H30N6O6S. The van der Waals surface area contributed by atoms with E-state index in [2.05, 4.69) is 15.4 Å². The highest BCUT2D eigenvalue weighted by atomic mass is 32.2. The average molecular weight is 615 g/mol. The second-order valence-corrected chi connectivity index (χ2v) is 11.7. The zero-order valence-electron chi connectivity index (χ0n) is 24.2. The number of aromatic nitrogens is 4. The summed E-state index contributed by atoms with van der Waals surface area (Å²) < 4.78 is 37.8. The van der Waals surface area contributed by atoms with E-state index in [0.717, 1.165) is 17.5 Å². The molecule has 0 fully saturated rings. The fraction of sp³-hybridized carbons (Fsp3) is 0.161. The van der Waals surface area contributed by atoms with Crippen molar-refractivity contribution < 1.29 is 27.5 Å². The topological polar surface area (TPSA) is 138 Å². The van der Waals surface area contributed by atoms with Gasteiger partial charge in [-0.05, 0) is 54.1 Å². The number of methoxy groups -OCH3 is 2. The van der Waals surface area contributed by atoms with Crippen LogP contribution < -0.4 is 10.1 Å².